The van der Waals surface area contributed by atoms with Gasteiger partial charge in [0, 0.05) is 6.54 Å². The number of unbranched alkanes of at least 4 members (excludes halogenated alkanes) is 1. The van der Waals surface area contributed by atoms with Crippen molar-refractivity contribution in [1.82, 2.24) is 4.90 Å². The number of aliphatic hydroxyl groups is 1. The minimum Gasteiger partial charge on any atom is -0.385 e. The minimum absolute atomic E-state index is 0.225. The Morgan fingerprint density at radius 1 is 1.04 bits per heavy atom. The topological polar surface area (TPSA) is 57.6 Å². The first-order chi connectivity index (χ1) is 12.9. The van der Waals surface area contributed by atoms with E-state index in [0.29, 0.717) is 17.5 Å². The van der Waals surface area contributed by atoms with Gasteiger partial charge < -0.3 is 5.11 Å². The molecule has 0 radical (unpaired) electrons. The number of imide groups is 1. The molecule has 0 fully saturated rings. The van der Waals surface area contributed by atoms with Crippen molar-refractivity contribution in [3.05, 3.63) is 76.9 Å². The van der Waals surface area contributed by atoms with Crippen molar-refractivity contribution in [1.29, 1.82) is 0 Å². The third-order valence-electron chi connectivity index (χ3n) is 5.00. The van der Waals surface area contributed by atoms with Crippen molar-refractivity contribution < 1.29 is 14.7 Å². The Morgan fingerprint density at radius 2 is 1.70 bits per heavy atom. The average Bonchev–Trinajstić information content (AvgIpc) is 2.92. The number of amides is 2. The van der Waals surface area contributed by atoms with Crippen molar-refractivity contribution in [2.75, 3.05) is 6.54 Å². The molecule has 1 N–H and O–H groups in total. The Hall–Kier alpha value is -2.72. The van der Waals surface area contributed by atoms with E-state index in [9.17, 15) is 14.7 Å². The van der Waals surface area contributed by atoms with E-state index in [1.54, 1.807) is 24.3 Å². The third kappa shape index (κ3) is 4.01. The zero-order valence-electron chi connectivity index (χ0n) is 15.8. The number of fused-ring (bicyclic) bond motifs is 1. The summed E-state index contributed by atoms with van der Waals surface area (Å²) in [6, 6.07) is 14.6. The highest BCUT2D eigenvalue weighted by Crippen LogP contribution is 2.27. The summed E-state index contributed by atoms with van der Waals surface area (Å²) in [6.07, 6.45) is 6.40. The van der Waals surface area contributed by atoms with Crippen molar-refractivity contribution >= 4 is 17.9 Å². The average molecular weight is 363 g/mol. The molecule has 0 saturated heterocycles. The molecule has 1 aliphatic heterocycles. The van der Waals surface area contributed by atoms with Gasteiger partial charge in [-0.1, -0.05) is 62.2 Å². The van der Waals surface area contributed by atoms with Crippen LogP contribution in [0.4, 0.5) is 0 Å². The van der Waals surface area contributed by atoms with Crippen LogP contribution in [0.15, 0.2) is 54.6 Å². The Morgan fingerprint density at radius 3 is 2.33 bits per heavy atom. The highest BCUT2D eigenvalue weighted by atomic mass is 16.3. The first-order valence-corrected chi connectivity index (χ1v) is 9.38. The summed E-state index contributed by atoms with van der Waals surface area (Å²) < 4.78 is 0. The molecule has 4 nitrogen and oxygen atoms in total. The SMILES string of the molecule is CCCCC(C)(O)c1cccc(/C=C/CN2C(=O)c3ccccc3C2=O)c1. The molecule has 0 aliphatic carbocycles. The van der Waals surface area contributed by atoms with E-state index in [1.165, 1.54) is 4.90 Å². The number of hydrogen-bond acceptors (Lipinski definition) is 3. The van der Waals surface area contributed by atoms with Crippen LogP contribution in [0.2, 0.25) is 0 Å². The molecule has 0 spiro atoms. The van der Waals surface area contributed by atoms with E-state index in [2.05, 4.69) is 6.92 Å². The maximum atomic E-state index is 12.4. The predicted octanol–water partition coefficient (Wildman–Crippen LogP) is 4.39. The van der Waals surface area contributed by atoms with Gasteiger partial charge in [0.2, 0.25) is 0 Å². The van der Waals surface area contributed by atoms with Gasteiger partial charge in [0.1, 0.15) is 0 Å². The molecule has 1 heterocycles. The Kier molecular flexibility index (Phi) is 5.57. The summed E-state index contributed by atoms with van der Waals surface area (Å²) in [5.41, 5.74) is 1.87. The fourth-order valence-corrected chi connectivity index (χ4v) is 3.34. The van der Waals surface area contributed by atoms with Crippen LogP contribution in [-0.2, 0) is 5.60 Å². The van der Waals surface area contributed by atoms with Gasteiger partial charge in [-0.3, -0.25) is 14.5 Å². The number of carbonyl (C=O) groups is 2. The van der Waals surface area contributed by atoms with Gasteiger partial charge >= 0.3 is 0 Å². The molecule has 1 unspecified atom stereocenters. The number of carbonyl (C=O) groups excluding carboxylic acids is 2. The molecule has 4 heteroatoms. The summed E-state index contributed by atoms with van der Waals surface area (Å²) in [4.78, 5) is 26.0. The van der Waals surface area contributed by atoms with E-state index < -0.39 is 5.60 Å². The van der Waals surface area contributed by atoms with Gasteiger partial charge in [-0.25, -0.2) is 0 Å². The lowest BCUT2D eigenvalue weighted by molar-refractivity contribution is 0.0453. The Labute approximate surface area is 160 Å². The second kappa shape index (κ2) is 7.89. The number of nitrogens with zero attached hydrogens (tertiary/aromatic N) is 1. The van der Waals surface area contributed by atoms with E-state index in [1.807, 2.05) is 43.3 Å². The van der Waals surface area contributed by atoms with Gasteiger partial charge in [0.25, 0.3) is 11.8 Å². The smallest absolute Gasteiger partial charge is 0.261 e. The van der Waals surface area contributed by atoms with E-state index in [0.717, 1.165) is 24.0 Å². The standard InChI is InChI=1S/C23H25NO3/c1-3-4-14-23(2,27)18-11-7-9-17(16-18)10-8-15-24-21(25)19-12-5-6-13-20(19)22(24)26/h5-13,16,27H,3-4,14-15H2,1-2H3/b10-8+. The van der Waals surface area contributed by atoms with E-state index in [4.69, 9.17) is 0 Å². The second-order valence-corrected chi connectivity index (χ2v) is 7.17. The molecule has 2 amide bonds. The highest BCUT2D eigenvalue weighted by molar-refractivity contribution is 6.21. The van der Waals surface area contributed by atoms with Gasteiger partial charge in [0.15, 0.2) is 0 Å². The van der Waals surface area contributed by atoms with Crippen LogP contribution in [0.25, 0.3) is 6.08 Å². The fraction of sp³-hybridized carbons (Fsp3) is 0.304. The minimum atomic E-state index is -0.859. The molecule has 1 aliphatic rings. The molecule has 140 valence electrons. The molecule has 0 saturated carbocycles. The zero-order chi connectivity index (χ0) is 19.4. The maximum Gasteiger partial charge on any atom is 0.261 e. The lowest BCUT2D eigenvalue weighted by atomic mass is 9.89. The van der Waals surface area contributed by atoms with Gasteiger partial charge in [-0.05, 0) is 42.7 Å². The first-order valence-electron chi connectivity index (χ1n) is 9.38. The van der Waals surface area contributed by atoms with Gasteiger partial charge in [-0.2, -0.15) is 0 Å². The largest absolute Gasteiger partial charge is 0.385 e. The number of rotatable bonds is 7. The van der Waals surface area contributed by atoms with Crippen molar-refractivity contribution in [2.24, 2.45) is 0 Å². The first kappa shape index (κ1) is 19.1. The molecule has 0 aromatic heterocycles. The number of benzene rings is 2. The monoisotopic (exact) mass is 363 g/mol. The summed E-state index contributed by atoms with van der Waals surface area (Å²) in [5, 5.41) is 10.7. The summed E-state index contributed by atoms with van der Waals surface area (Å²) >= 11 is 0. The lowest BCUT2D eigenvalue weighted by Gasteiger charge is -2.24. The molecule has 1 atom stereocenters. The van der Waals surface area contributed by atoms with Crippen LogP contribution in [0.3, 0.4) is 0 Å². The van der Waals surface area contributed by atoms with Crippen LogP contribution in [-0.4, -0.2) is 28.4 Å². The highest BCUT2D eigenvalue weighted by Gasteiger charge is 2.34. The Bertz CT molecular complexity index is 848. The molecule has 2 aromatic carbocycles. The molecule has 3 rings (SSSR count). The predicted molar refractivity (Wildman–Crippen MR) is 106 cm³/mol. The van der Waals surface area contributed by atoms with E-state index in [-0.39, 0.29) is 18.4 Å². The molecule has 0 bridgehead atoms. The van der Waals surface area contributed by atoms with Crippen molar-refractivity contribution in [2.45, 2.75) is 38.7 Å². The third-order valence-corrected chi connectivity index (χ3v) is 5.00. The maximum absolute atomic E-state index is 12.4. The number of hydrogen-bond donors (Lipinski definition) is 1. The van der Waals surface area contributed by atoms with Gasteiger partial charge in [-0.15, -0.1) is 0 Å². The second-order valence-electron chi connectivity index (χ2n) is 7.17. The van der Waals surface area contributed by atoms with Gasteiger partial charge in [0.05, 0.1) is 16.7 Å². The van der Waals surface area contributed by atoms with Crippen LogP contribution >= 0.6 is 0 Å². The summed E-state index contributed by atoms with van der Waals surface area (Å²) in [6.45, 7) is 4.17. The van der Waals surface area contributed by atoms with Crippen LogP contribution in [0.1, 0.15) is 65.0 Å². The summed E-state index contributed by atoms with van der Waals surface area (Å²) in [5.74, 6) is -0.506. The van der Waals surface area contributed by atoms with Crippen molar-refractivity contribution in [3.8, 4) is 0 Å². The van der Waals surface area contributed by atoms with Crippen LogP contribution in [0.5, 0.6) is 0 Å². The zero-order valence-corrected chi connectivity index (χ0v) is 15.8. The Balaban J connectivity index is 1.70. The summed E-state index contributed by atoms with van der Waals surface area (Å²) in [7, 11) is 0. The van der Waals surface area contributed by atoms with Crippen LogP contribution in [0, 0.1) is 0 Å². The molecular formula is C23H25NO3. The van der Waals surface area contributed by atoms with E-state index >= 15 is 0 Å². The van der Waals surface area contributed by atoms with Crippen molar-refractivity contribution in [3.63, 3.8) is 0 Å². The molecule has 2 aromatic rings. The molecular weight excluding hydrogens is 338 g/mol. The fourth-order valence-electron chi connectivity index (χ4n) is 3.34. The normalized spacial score (nSPS) is 16.0. The van der Waals surface area contributed by atoms with Crippen LogP contribution < -0.4 is 0 Å². The lowest BCUT2D eigenvalue weighted by Crippen LogP contribution is -2.29. The quantitative estimate of drug-likeness (QED) is 0.742. The molecule has 27 heavy (non-hydrogen) atoms.